The topological polar surface area (TPSA) is 80.4 Å². The van der Waals surface area contributed by atoms with Crippen LogP contribution in [0.2, 0.25) is 0 Å². The van der Waals surface area contributed by atoms with E-state index < -0.39 is 10.0 Å². The molecule has 3 N–H and O–H groups in total. The summed E-state index contributed by atoms with van der Waals surface area (Å²) in [4.78, 5) is 0.174. The average Bonchev–Trinajstić information content (AvgIpc) is 3.29. The molecule has 0 spiro atoms. The third-order valence-electron chi connectivity index (χ3n) is 14.6. The van der Waals surface area contributed by atoms with Crippen LogP contribution in [0.25, 0.3) is 5.57 Å². The molecule has 9 atom stereocenters. The second-order valence-corrected chi connectivity index (χ2v) is 17.9. The summed E-state index contributed by atoms with van der Waals surface area (Å²) in [7, 11) is -3.70. The number of sulfonamides is 1. The third kappa shape index (κ3) is 3.93. The van der Waals surface area contributed by atoms with Gasteiger partial charge >= 0.3 is 0 Å². The van der Waals surface area contributed by atoms with Crippen LogP contribution < -0.4 is 5.14 Å². The molecule has 0 heterocycles. The fourth-order valence-electron chi connectivity index (χ4n) is 12.5. The molecular formula is C36H53NO3S. The van der Waals surface area contributed by atoms with Gasteiger partial charge < -0.3 is 5.11 Å². The quantitative estimate of drug-likeness (QED) is 0.355. The smallest absolute Gasteiger partial charge is 0.238 e. The van der Waals surface area contributed by atoms with E-state index >= 15 is 0 Å². The third-order valence-corrected chi connectivity index (χ3v) is 15.6. The van der Waals surface area contributed by atoms with E-state index in [2.05, 4.69) is 54.2 Å². The van der Waals surface area contributed by atoms with Crippen molar-refractivity contribution in [3.63, 3.8) is 0 Å². The Bertz CT molecular complexity index is 1380. The van der Waals surface area contributed by atoms with Crippen molar-refractivity contribution in [1.29, 1.82) is 0 Å². The summed E-state index contributed by atoms with van der Waals surface area (Å²) in [5, 5.41) is 16.2. The number of nitrogens with two attached hydrogens (primary N) is 1. The number of primary sulfonamides is 1. The van der Waals surface area contributed by atoms with Gasteiger partial charge in [0.2, 0.25) is 10.0 Å². The first-order valence-corrected chi connectivity index (χ1v) is 17.7. The molecule has 0 amide bonds. The molecule has 6 rings (SSSR count). The van der Waals surface area contributed by atoms with Crippen molar-refractivity contribution >= 4 is 15.6 Å². The maximum atomic E-state index is 11.9. The first kappa shape index (κ1) is 29.6. The number of fused-ring (bicyclic) bond motifs is 7. The molecular weight excluding hydrogens is 526 g/mol. The summed E-state index contributed by atoms with van der Waals surface area (Å²) in [6, 6.07) is 7.22. The molecule has 1 aromatic carbocycles. The highest BCUT2D eigenvalue weighted by atomic mass is 32.2. The predicted octanol–water partition coefficient (Wildman–Crippen LogP) is 7.98. The maximum Gasteiger partial charge on any atom is 0.238 e. The van der Waals surface area contributed by atoms with Crippen molar-refractivity contribution in [1.82, 2.24) is 0 Å². The van der Waals surface area contributed by atoms with Gasteiger partial charge in [-0.25, -0.2) is 13.6 Å². The van der Waals surface area contributed by atoms with E-state index in [1.54, 1.807) is 12.1 Å². The molecule has 226 valence electrons. The summed E-state index contributed by atoms with van der Waals surface area (Å²) < 4.78 is 23.7. The van der Waals surface area contributed by atoms with Crippen LogP contribution in [0.4, 0.5) is 0 Å². The van der Waals surface area contributed by atoms with Crippen LogP contribution >= 0.6 is 0 Å². The molecule has 0 aliphatic heterocycles. The van der Waals surface area contributed by atoms with Crippen molar-refractivity contribution in [3.8, 4) is 0 Å². The van der Waals surface area contributed by atoms with Gasteiger partial charge in [-0.1, -0.05) is 65.0 Å². The SMILES string of the molecule is C=C(C)C1CCC2(CO)CCC3(C)C(CCC4C5(C)CC=C(c6ccc(S(N)(=O)=O)cc6)C(C)(C)C5CCC43C)C12. The largest absolute Gasteiger partial charge is 0.396 e. The van der Waals surface area contributed by atoms with E-state index in [1.807, 2.05) is 12.1 Å². The van der Waals surface area contributed by atoms with Crippen molar-refractivity contribution in [2.75, 3.05) is 6.61 Å². The summed E-state index contributed by atoms with van der Waals surface area (Å²) in [5.41, 5.74) is 4.68. The van der Waals surface area contributed by atoms with Gasteiger partial charge in [-0.15, -0.1) is 0 Å². The number of aliphatic hydroxyl groups is 1. The minimum absolute atomic E-state index is 0.00963. The summed E-state index contributed by atoms with van der Waals surface area (Å²) >= 11 is 0. The Balaban J connectivity index is 1.36. The number of hydrogen-bond acceptors (Lipinski definition) is 3. The fourth-order valence-corrected chi connectivity index (χ4v) is 13.0. The lowest BCUT2D eigenvalue weighted by Gasteiger charge is -2.72. The molecule has 41 heavy (non-hydrogen) atoms. The average molecular weight is 580 g/mol. The van der Waals surface area contributed by atoms with E-state index in [4.69, 9.17) is 5.14 Å². The van der Waals surface area contributed by atoms with Crippen LogP contribution in [0, 0.1) is 56.7 Å². The Morgan fingerprint density at radius 2 is 1.61 bits per heavy atom. The molecule has 9 unspecified atom stereocenters. The zero-order valence-electron chi connectivity index (χ0n) is 26.3. The van der Waals surface area contributed by atoms with Crippen molar-refractivity contribution in [2.45, 2.75) is 104 Å². The van der Waals surface area contributed by atoms with Crippen molar-refractivity contribution in [3.05, 3.63) is 48.1 Å². The summed E-state index contributed by atoms with van der Waals surface area (Å²) in [6.45, 7) is 19.8. The predicted molar refractivity (Wildman–Crippen MR) is 167 cm³/mol. The lowest BCUT2D eigenvalue weighted by atomic mass is 9.32. The first-order valence-electron chi connectivity index (χ1n) is 16.2. The molecule has 5 heteroatoms. The van der Waals surface area contributed by atoms with Gasteiger partial charge in [-0.3, -0.25) is 0 Å². The molecule has 0 aromatic heterocycles. The van der Waals surface area contributed by atoms with Gasteiger partial charge in [0.15, 0.2) is 0 Å². The minimum Gasteiger partial charge on any atom is -0.396 e. The first-order chi connectivity index (χ1) is 19.1. The van der Waals surface area contributed by atoms with E-state index in [-0.39, 0.29) is 32.0 Å². The maximum absolute atomic E-state index is 11.9. The van der Waals surface area contributed by atoms with Gasteiger partial charge in [-0.05, 0) is 145 Å². The van der Waals surface area contributed by atoms with Gasteiger partial charge in [0.05, 0.1) is 4.90 Å². The number of allylic oxidation sites excluding steroid dienone is 3. The van der Waals surface area contributed by atoms with Crippen LogP contribution in [0.1, 0.15) is 105 Å². The highest BCUT2D eigenvalue weighted by molar-refractivity contribution is 7.89. The van der Waals surface area contributed by atoms with Crippen LogP contribution in [0.3, 0.4) is 0 Å². The second-order valence-electron chi connectivity index (χ2n) is 16.3. The van der Waals surface area contributed by atoms with Gasteiger partial charge in [0.25, 0.3) is 0 Å². The fraction of sp³-hybridized carbons (Fsp3) is 0.722. The van der Waals surface area contributed by atoms with Crippen LogP contribution in [-0.2, 0) is 10.0 Å². The normalized spacial score (nSPS) is 45.1. The van der Waals surface area contributed by atoms with E-state index in [1.165, 1.54) is 49.7 Å². The minimum atomic E-state index is -3.70. The Hall–Kier alpha value is -1.43. The molecule has 4 nitrogen and oxygen atoms in total. The van der Waals surface area contributed by atoms with Crippen LogP contribution in [0.15, 0.2) is 47.4 Å². The molecule has 4 fully saturated rings. The molecule has 1 aromatic rings. The summed E-state index contributed by atoms with van der Waals surface area (Å²) in [5.74, 6) is 3.03. The number of benzene rings is 1. The zero-order valence-corrected chi connectivity index (χ0v) is 27.1. The van der Waals surface area contributed by atoms with Crippen LogP contribution in [0.5, 0.6) is 0 Å². The Labute approximate surface area is 249 Å². The molecule has 0 bridgehead atoms. The highest BCUT2D eigenvalue weighted by Crippen LogP contribution is 2.77. The highest BCUT2D eigenvalue weighted by Gasteiger charge is 2.70. The molecule has 0 saturated heterocycles. The number of hydrogen-bond donors (Lipinski definition) is 2. The lowest BCUT2D eigenvalue weighted by Crippen LogP contribution is -2.65. The Morgan fingerprint density at radius 1 is 0.927 bits per heavy atom. The standard InChI is InChI=1S/C36H53NO3S/c1-23(2)26-14-19-36(22-38)21-20-34(6)28(31(26)36)12-13-30-33(5)17-15-27(24-8-10-25(11-9-24)41(37,39)40)32(3,4)29(33)16-18-35(30,34)7/h8-11,15,26,28-31,38H,1,12-14,16-22H2,2-7H3,(H2,37,39,40). The number of aliphatic hydroxyl groups excluding tert-OH is 1. The van der Waals surface area contributed by atoms with E-state index in [9.17, 15) is 13.5 Å². The monoisotopic (exact) mass is 579 g/mol. The Morgan fingerprint density at radius 3 is 2.22 bits per heavy atom. The van der Waals surface area contributed by atoms with E-state index in [0.717, 1.165) is 24.8 Å². The molecule has 0 radical (unpaired) electrons. The molecule has 5 aliphatic carbocycles. The molecule has 5 aliphatic rings. The lowest BCUT2D eigenvalue weighted by molar-refractivity contribution is -0.228. The van der Waals surface area contributed by atoms with Crippen molar-refractivity contribution in [2.24, 2.45) is 61.8 Å². The summed E-state index contributed by atoms with van der Waals surface area (Å²) in [6.07, 6.45) is 13.4. The van der Waals surface area contributed by atoms with Gasteiger partial charge in [0, 0.05) is 6.61 Å². The van der Waals surface area contributed by atoms with Gasteiger partial charge in [-0.2, -0.15) is 0 Å². The van der Waals surface area contributed by atoms with Gasteiger partial charge in [0.1, 0.15) is 0 Å². The van der Waals surface area contributed by atoms with Crippen molar-refractivity contribution < 1.29 is 13.5 Å². The molecule has 4 saturated carbocycles. The zero-order chi connectivity index (χ0) is 29.8. The van der Waals surface area contributed by atoms with Crippen LogP contribution in [-0.4, -0.2) is 20.1 Å². The second kappa shape index (κ2) is 9.29. The Kier molecular flexibility index (Phi) is 6.71. The van der Waals surface area contributed by atoms with E-state index in [0.29, 0.717) is 36.2 Å². The number of rotatable bonds is 4.